The van der Waals surface area contributed by atoms with Crippen molar-refractivity contribution in [2.24, 2.45) is 0 Å². The lowest BCUT2D eigenvalue weighted by molar-refractivity contribution is 0.442. The average molecular weight is 316 g/mol. The first-order chi connectivity index (χ1) is 8.19. The zero-order valence-electron chi connectivity index (χ0n) is 8.79. The molecule has 2 aromatic rings. The summed E-state index contributed by atoms with van der Waals surface area (Å²) in [5.74, 6) is 0.833. The van der Waals surface area contributed by atoms with E-state index in [1.807, 2.05) is 12.1 Å². The second-order valence-electron chi connectivity index (χ2n) is 3.45. The van der Waals surface area contributed by atoms with Gasteiger partial charge in [0.15, 0.2) is 11.6 Å². The van der Waals surface area contributed by atoms with Crippen LogP contribution in [0.1, 0.15) is 5.56 Å². The van der Waals surface area contributed by atoms with E-state index in [0.717, 1.165) is 5.56 Å². The second-order valence-corrected chi connectivity index (χ2v) is 4.64. The maximum Gasteiger partial charge on any atom is 0.166 e. The van der Waals surface area contributed by atoms with E-state index in [1.54, 1.807) is 24.3 Å². The molecule has 0 spiro atoms. The Morgan fingerprint density at radius 1 is 1.12 bits per heavy atom. The Kier molecular flexibility index (Phi) is 4.02. The summed E-state index contributed by atoms with van der Waals surface area (Å²) < 4.78 is 19.6. The SMILES string of the molecule is Fc1cc(Br)ccc1Oc1ccc(CCl)cc1. The summed E-state index contributed by atoms with van der Waals surface area (Å²) in [5.41, 5.74) is 0.996. The normalized spacial score (nSPS) is 10.3. The third-order valence-corrected chi connectivity index (χ3v) is 3.00. The van der Waals surface area contributed by atoms with Crippen molar-refractivity contribution in [3.63, 3.8) is 0 Å². The van der Waals surface area contributed by atoms with Crippen LogP contribution in [0.15, 0.2) is 46.9 Å². The molecule has 0 bridgehead atoms. The van der Waals surface area contributed by atoms with Crippen LogP contribution in [0.2, 0.25) is 0 Å². The molecule has 0 amide bonds. The van der Waals surface area contributed by atoms with Gasteiger partial charge in [-0.1, -0.05) is 28.1 Å². The van der Waals surface area contributed by atoms with E-state index in [0.29, 0.717) is 16.1 Å². The van der Waals surface area contributed by atoms with Gasteiger partial charge in [-0.3, -0.25) is 0 Å². The molecular weight excluding hydrogens is 306 g/mol. The van der Waals surface area contributed by atoms with Crippen molar-refractivity contribution in [3.05, 3.63) is 58.3 Å². The number of ether oxygens (including phenoxy) is 1. The van der Waals surface area contributed by atoms with Crippen molar-refractivity contribution in [1.29, 1.82) is 0 Å². The molecule has 0 aliphatic carbocycles. The van der Waals surface area contributed by atoms with Crippen molar-refractivity contribution >= 4 is 27.5 Å². The maximum absolute atomic E-state index is 13.5. The molecule has 0 radical (unpaired) electrons. The highest BCUT2D eigenvalue weighted by Crippen LogP contribution is 2.27. The minimum Gasteiger partial charge on any atom is -0.454 e. The quantitative estimate of drug-likeness (QED) is 0.714. The van der Waals surface area contributed by atoms with Crippen molar-refractivity contribution in [2.45, 2.75) is 5.88 Å². The summed E-state index contributed by atoms with van der Waals surface area (Å²) in [6, 6.07) is 11.9. The minimum absolute atomic E-state index is 0.201. The molecular formula is C13H9BrClFO. The Hall–Kier alpha value is -1.06. The summed E-state index contributed by atoms with van der Waals surface area (Å²) in [6.07, 6.45) is 0. The first-order valence-corrected chi connectivity index (χ1v) is 6.29. The van der Waals surface area contributed by atoms with Crippen molar-refractivity contribution in [1.82, 2.24) is 0 Å². The fourth-order valence-corrected chi connectivity index (χ4v) is 1.84. The summed E-state index contributed by atoms with van der Waals surface area (Å²) >= 11 is 8.87. The Morgan fingerprint density at radius 2 is 1.82 bits per heavy atom. The highest BCUT2D eigenvalue weighted by molar-refractivity contribution is 9.10. The minimum atomic E-state index is -0.402. The third kappa shape index (κ3) is 3.20. The largest absolute Gasteiger partial charge is 0.454 e. The van der Waals surface area contributed by atoms with Gasteiger partial charge in [0.25, 0.3) is 0 Å². The predicted octanol–water partition coefficient (Wildman–Crippen LogP) is 5.12. The van der Waals surface area contributed by atoms with E-state index in [2.05, 4.69) is 15.9 Å². The summed E-state index contributed by atoms with van der Waals surface area (Å²) in [5, 5.41) is 0. The Bertz CT molecular complexity index is 513. The van der Waals surface area contributed by atoms with Gasteiger partial charge in [0.2, 0.25) is 0 Å². The maximum atomic E-state index is 13.5. The molecule has 0 unspecified atom stereocenters. The van der Waals surface area contributed by atoms with Gasteiger partial charge in [-0.05, 0) is 35.9 Å². The fraction of sp³-hybridized carbons (Fsp3) is 0.0769. The number of rotatable bonds is 3. The Labute approximate surface area is 112 Å². The molecule has 2 rings (SSSR count). The van der Waals surface area contributed by atoms with E-state index in [1.165, 1.54) is 6.07 Å². The Morgan fingerprint density at radius 3 is 2.41 bits per heavy atom. The molecule has 0 aliphatic rings. The lowest BCUT2D eigenvalue weighted by atomic mass is 10.2. The van der Waals surface area contributed by atoms with E-state index in [-0.39, 0.29) is 5.75 Å². The lowest BCUT2D eigenvalue weighted by Gasteiger charge is -2.07. The second kappa shape index (κ2) is 5.52. The van der Waals surface area contributed by atoms with Gasteiger partial charge in [0.1, 0.15) is 5.75 Å². The lowest BCUT2D eigenvalue weighted by Crippen LogP contribution is -1.88. The number of alkyl halides is 1. The number of hydrogen-bond donors (Lipinski definition) is 0. The van der Waals surface area contributed by atoms with Crippen molar-refractivity contribution in [3.8, 4) is 11.5 Å². The molecule has 1 nitrogen and oxygen atoms in total. The molecule has 2 aromatic carbocycles. The van der Waals surface area contributed by atoms with Crippen molar-refractivity contribution < 1.29 is 9.13 Å². The molecule has 0 aromatic heterocycles. The molecule has 0 fully saturated rings. The molecule has 0 heterocycles. The van der Waals surface area contributed by atoms with Crippen LogP contribution in [0.25, 0.3) is 0 Å². The molecule has 0 saturated carbocycles. The van der Waals surface area contributed by atoms with Crippen LogP contribution in [0.5, 0.6) is 11.5 Å². The zero-order valence-corrected chi connectivity index (χ0v) is 11.1. The number of halogens is 3. The van der Waals surface area contributed by atoms with Gasteiger partial charge in [0.05, 0.1) is 0 Å². The van der Waals surface area contributed by atoms with Crippen LogP contribution in [-0.4, -0.2) is 0 Å². The summed E-state index contributed by atoms with van der Waals surface area (Å²) in [4.78, 5) is 0. The number of benzene rings is 2. The molecule has 88 valence electrons. The van der Waals surface area contributed by atoms with Gasteiger partial charge >= 0.3 is 0 Å². The first-order valence-electron chi connectivity index (χ1n) is 4.97. The average Bonchev–Trinajstić information content (AvgIpc) is 2.34. The summed E-state index contributed by atoms with van der Waals surface area (Å²) in [6.45, 7) is 0. The van der Waals surface area contributed by atoms with Crippen LogP contribution < -0.4 is 4.74 Å². The standard InChI is InChI=1S/C13H9BrClFO/c14-10-3-6-13(12(16)7-10)17-11-4-1-9(8-15)2-5-11/h1-7H,8H2. The smallest absolute Gasteiger partial charge is 0.166 e. The van der Waals surface area contributed by atoms with Gasteiger partial charge in [-0.2, -0.15) is 0 Å². The topological polar surface area (TPSA) is 9.23 Å². The van der Waals surface area contributed by atoms with Gasteiger partial charge < -0.3 is 4.74 Å². The summed E-state index contributed by atoms with van der Waals surface area (Å²) in [7, 11) is 0. The van der Waals surface area contributed by atoms with E-state index >= 15 is 0 Å². The van der Waals surface area contributed by atoms with Crippen LogP contribution in [-0.2, 0) is 5.88 Å². The van der Waals surface area contributed by atoms with Crippen molar-refractivity contribution in [2.75, 3.05) is 0 Å². The van der Waals surface area contributed by atoms with E-state index in [9.17, 15) is 4.39 Å². The highest BCUT2D eigenvalue weighted by Gasteiger charge is 2.05. The number of hydrogen-bond acceptors (Lipinski definition) is 1. The molecule has 0 N–H and O–H groups in total. The third-order valence-electron chi connectivity index (χ3n) is 2.20. The molecule has 17 heavy (non-hydrogen) atoms. The van der Waals surface area contributed by atoms with Crippen LogP contribution in [0, 0.1) is 5.82 Å². The van der Waals surface area contributed by atoms with Crippen LogP contribution in [0.4, 0.5) is 4.39 Å². The first kappa shape index (κ1) is 12.4. The molecule has 0 saturated heterocycles. The van der Waals surface area contributed by atoms with Gasteiger partial charge in [-0.25, -0.2) is 4.39 Å². The Balaban J connectivity index is 2.19. The van der Waals surface area contributed by atoms with E-state index in [4.69, 9.17) is 16.3 Å². The van der Waals surface area contributed by atoms with Gasteiger partial charge in [0, 0.05) is 10.4 Å². The highest BCUT2D eigenvalue weighted by atomic mass is 79.9. The van der Waals surface area contributed by atoms with E-state index < -0.39 is 5.82 Å². The molecule has 4 heteroatoms. The molecule has 0 atom stereocenters. The monoisotopic (exact) mass is 314 g/mol. The molecule has 0 aliphatic heterocycles. The van der Waals surface area contributed by atoms with Crippen LogP contribution in [0.3, 0.4) is 0 Å². The fourth-order valence-electron chi connectivity index (χ4n) is 1.33. The van der Waals surface area contributed by atoms with Crippen LogP contribution >= 0.6 is 27.5 Å². The predicted molar refractivity (Wildman–Crippen MR) is 70.2 cm³/mol. The zero-order chi connectivity index (χ0) is 12.3. The van der Waals surface area contributed by atoms with Gasteiger partial charge in [-0.15, -0.1) is 11.6 Å².